The molecule has 5 heteroatoms. The zero-order valence-corrected chi connectivity index (χ0v) is 13.7. The molecule has 0 fully saturated rings. The Bertz CT molecular complexity index is 836. The summed E-state index contributed by atoms with van der Waals surface area (Å²) in [6.45, 7) is 2.48. The van der Waals surface area contributed by atoms with Gasteiger partial charge in [-0.05, 0) is 22.8 Å². The lowest BCUT2D eigenvalue weighted by atomic mass is 10.0. The van der Waals surface area contributed by atoms with Gasteiger partial charge in [-0.25, -0.2) is 4.98 Å². The SMILES string of the molecule is CCCC(N)c1nc(C(=O)NCc2cccc3ccccc23)co1. The van der Waals surface area contributed by atoms with Crippen LogP contribution in [0.25, 0.3) is 10.8 Å². The highest BCUT2D eigenvalue weighted by atomic mass is 16.3. The number of rotatable bonds is 6. The Labute approximate surface area is 140 Å². The minimum Gasteiger partial charge on any atom is -0.446 e. The number of nitrogens with zero attached hydrogens (tertiary/aromatic N) is 1. The van der Waals surface area contributed by atoms with E-state index in [0.717, 1.165) is 29.2 Å². The van der Waals surface area contributed by atoms with Gasteiger partial charge in [0.1, 0.15) is 6.26 Å². The summed E-state index contributed by atoms with van der Waals surface area (Å²) in [6, 6.07) is 13.9. The molecule has 124 valence electrons. The number of benzene rings is 2. The molecule has 0 spiro atoms. The molecule has 1 amide bonds. The van der Waals surface area contributed by atoms with E-state index >= 15 is 0 Å². The average Bonchev–Trinajstić information content (AvgIpc) is 3.10. The molecule has 0 saturated carbocycles. The molecule has 5 nitrogen and oxygen atoms in total. The van der Waals surface area contributed by atoms with E-state index in [9.17, 15) is 4.79 Å². The summed E-state index contributed by atoms with van der Waals surface area (Å²) < 4.78 is 5.33. The quantitative estimate of drug-likeness (QED) is 0.727. The number of hydrogen-bond donors (Lipinski definition) is 2. The molecular formula is C19H21N3O2. The van der Waals surface area contributed by atoms with E-state index in [1.165, 1.54) is 6.26 Å². The van der Waals surface area contributed by atoms with Crippen molar-refractivity contribution in [3.05, 3.63) is 65.9 Å². The van der Waals surface area contributed by atoms with Gasteiger partial charge in [-0.2, -0.15) is 0 Å². The number of hydrogen-bond acceptors (Lipinski definition) is 4. The van der Waals surface area contributed by atoms with Crippen LogP contribution in [0, 0.1) is 0 Å². The highest BCUT2D eigenvalue weighted by molar-refractivity contribution is 5.92. The number of oxazole rings is 1. The lowest BCUT2D eigenvalue weighted by Crippen LogP contribution is -2.23. The molecule has 1 aromatic heterocycles. The predicted molar refractivity (Wildman–Crippen MR) is 93.5 cm³/mol. The lowest BCUT2D eigenvalue weighted by molar-refractivity contribution is 0.0946. The van der Waals surface area contributed by atoms with Crippen LogP contribution in [0.15, 0.2) is 53.1 Å². The Hall–Kier alpha value is -2.66. The number of amides is 1. The van der Waals surface area contributed by atoms with E-state index in [2.05, 4.69) is 28.5 Å². The summed E-state index contributed by atoms with van der Waals surface area (Å²) in [5, 5.41) is 5.17. The van der Waals surface area contributed by atoms with Gasteiger partial charge < -0.3 is 15.5 Å². The van der Waals surface area contributed by atoms with Crippen LogP contribution in [0.1, 0.15) is 47.7 Å². The van der Waals surface area contributed by atoms with Crippen LogP contribution in [0.5, 0.6) is 0 Å². The second-order valence-corrected chi connectivity index (χ2v) is 5.79. The Morgan fingerprint density at radius 2 is 2.04 bits per heavy atom. The maximum absolute atomic E-state index is 12.3. The molecule has 1 heterocycles. The van der Waals surface area contributed by atoms with E-state index in [0.29, 0.717) is 12.4 Å². The van der Waals surface area contributed by atoms with Gasteiger partial charge in [0.25, 0.3) is 5.91 Å². The summed E-state index contributed by atoms with van der Waals surface area (Å²) in [7, 11) is 0. The predicted octanol–water partition coefficient (Wildman–Crippen LogP) is 3.56. The summed E-state index contributed by atoms with van der Waals surface area (Å²) in [5.74, 6) is 0.147. The number of nitrogens with two attached hydrogens (primary N) is 1. The standard InChI is InChI=1S/C19H21N3O2/c1-2-6-16(20)19-22-17(12-24-19)18(23)21-11-14-9-5-8-13-7-3-4-10-15(13)14/h3-5,7-10,12,16H,2,6,11,20H2,1H3,(H,21,23). The van der Waals surface area contributed by atoms with Gasteiger partial charge in [-0.15, -0.1) is 0 Å². The molecule has 1 unspecified atom stereocenters. The zero-order chi connectivity index (χ0) is 16.9. The fourth-order valence-corrected chi connectivity index (χ4v) is 2.71. The minimum absolute atomic E-state index is 0.261. The first-order valence-corrected chi connectivity index (χ1v) is 8.15. The second-order valence-electron chi connectivity index (χ2n) is 5.79. The van der Waals surface area contributed by atoms with Crippen LogP contribution in [0.4, 0.5) is 0 Å². The summed E-state index contributed by atoms with van der Waals surface area (Å²) in [6.07, 6.45) is 3.08. The Kier molecular flexibility index (Phi) is 4.91. The van der Waals surface area contributed by atoms with Gasteiger partial charge in [0.05, 0.1) is 6.04 Å². The first-order valence-electron chi connectivity index (χ1n) is 8.15. The van der Waals surface area contributed by atoms with Gasteiger partial charge in [0.15, 0.2) is 5.69 Å². The minimum atomic E-state index is -0.269. The van der Waals surface area contributed by atoms with Gasteiger partial charge >= 0.3 is 0 Å². The van der Waals surface area contributed by atoms with E-state index in [1.54, 1.807) is 0 Å². The fourth-order valence-electron chi connectivity index (χ4n) is 2.71. The second kappa shape index (κ2) is 7.27. The molecule has 3 rings (SSSR count). The van der Waals surface area contributed by atoms with Crippen molar-refractivity contribution >= 4 is 16.7 Å². The lowest BCUT2D eigenvalue weighted by Gasteiger charge is -2.07. The highest BCUT2D eigenvalue weighted by Crippen LogP contribution is 2.19. The van der Waals surface area contributed by atoms with Gasteiger partial charge in [-0.1, -0.05) is 55.8 Å². The number of carbonyl (C=O) groups excluding carboxylic acids is 1. The molecule has 24 heavy (non-hydrogen) atoms. The molecule has 3 aromatic rings. The maximum Gasteiger partial charge on any atom is 0.273 e. The van der Waals surface area contributed by atoms with Crippen molar-refractivity contribution in [2.45, 2.75) is 32.4 Å². The third-order valence-corrected chi connectivity index (χ3v) is 3.99. The van der Waals surface area contributed by atoms with Gasteiger partial charge in [0.2, 0.25) is 5.89 Å². The molecule has 0 radical (unpaired) electrons. The van der Waals surface area contributed by atoms with Crippen LogP contribution in [0.2, 0.25) is 0 Å². The monoisotopic (exact) mass is 323 g/mol. The molecule has 2 aromatic carbocycles. The molecule has 0 aliphatic carbocycles. The van der Waals surface area contributed by atoms with Crippen molar-refractivity contribution in [3.63, 3.8) is 0 Å². The van der Waals surface area contributed by atoms with E-state index in [1.807, 2.05) is 31.2 Å². The highest BCUT2D eigenvalue weighted by Gasteiger charge is 2.16. The third kappa shape index (κ3) is 3.46. The largest absolute Gasteiger partial charge is 0.446 e. The molecular weight excluding hydrogens is 302 g/mol. The van der Waals surface area contributed by atoms with Crippen LogP contribution in [0.3, 0.4) is 0 Å². The number of fused-ring (bicyclic) bond motifs is 1. The van der Waals surface area contributed by atoms with Crippen molar-refractivity contribution in [3.8, 4) is 0 Å². The van der Waals surface area contributed by atoms with Crippen LogP contribution < -0.4 is 11.1 Å². The Morgan fingerprint density at radius 3 is 2.88 bits per heavy atom. The summed E-state index contributed by atoms with van der Waals surface area (Å²) in [5.41, 5.74) is 7.28. The average molecular weight is 323 g/mol. The fraction of sp³-hybridized carbons (Fsp3) is 0.263. The van der Waals surface area contributed by atoms with Gasteiger partial charge in [0, 0.05) is 6.54 Å². The molecule has 0 aliphatic rings. The summed E-state index contributed by atoms with van der Waals surface area (Å²) >= 11 is 0. The third-order valence-electron chi connectivity index (χ3n) is 3.99. The zero-order valence-electron chi connectivity index (χ0n) is 13.7. The Morgan fingerprint density at radius 1 is 1.25 bits per heavy atom. The molecule has 3 N–H and O–H groups in total. The smallest absolute Gasteiger partial charge is 0.273 e. The van der Waals surface area contributed by atoms with Crippen molar-refractivity contribution in [1.29, 1.82) is 0 Å². The maximum atomic E-state index is 12.3. The van der Waals surface area contributed by atoms with Crippen LogP contribution >= 0.6 is 0 Å². The first-order chi connectivity index (χ1) is 11.7. The first kappa shape index (κ1) is 16.2. The van der Waals surface area contributed by atoms with E-state index < -0.39 is 0 Å². The topological polar surface area (TPSA) is 81.1 Å². The normalized spacial score (nSPS) is 12.2. The van der Waals surface area contributed by atoms with Crippen molar-refractivity contribution in [1.82, 2.24) is 10.3 Å². The van der Waals surface area contributed by atoms with E-state index in [4.69, 9.17) is 10.2 Å². The molecule has 0 aliphatic heterocycles. The molecule has 0 bridgehead atoms. The van der Waals surface area contributed by atoms with Crippen molar-refractivity contribution in [2.75, 3.05) is 0 Å². The van der Waals surface area contributed by atoms with E-state index in [-0.39, 0.29) is 17.6 Å². The number of nitrogens with one attached hydrogen (secondary N) is 1. The van der Waals surface area contributed by atoms with Gasteiger partial charge in [-0.3, -0.25) is 4.79 Å². The molecule has 0 saturated heterocycles. The van der Waals surface area contributed by atoms with Crippen LogP contribution in [-0.4, -0.2) is 10.9 Å². The van der Waals surface area contributed by atoms with Crippen molar-refractivity contribution < 1.29 is 9.21 Å². The van der Waals surface area contributed by atoms with Crippen LogP contribution in [-0.2, 0) is 6.54 Å². The summed E-state index contributed by atoms with van der Waals surface area (Å²) in [4.78, 5) is 16.5. The van der Waals surface area contributed by atoms with Crippen molar-refractivity contribution in [2.24, 2.45) is 5.73 Å². The number of carbonyl (C=O) groups is 1. The molecule has 1 atom stereocenters. The number of aromatic nitrogens is 1. The Balaban J connectivity index is 1.69.